The Hall–Kier alpha value is -1.13. The first-order chi connectivity index (χ1) is 17.1. The van der Waals surface area contributed by atoms with Gasteiger partial charge in [-0.1, -0.05) is 130 Å². The molecule has 0 aliphatic carbocycles. The molecule has 4 heteroatoms. The van der Waals surface area contributed by atoms with E-state index in [-0.39, 0.29) is 12.4 Å². The van der Waals surface area contributed by atoms with Crippen LogP contribution in [0.25, 0.3) is 21.5 Å². The maximum Gasteiger partial charge on any atom is 0.0917 e. The maximum absolute atomic E-state index is 11.3. The standard InChI is InChI=1S/C32H46BrNO.ClH/c1-3-5-7-9-11-15-21-34(22-16-12-10-8-6-4-2)25-32(35)27-20-19-26-24-31(33)29-18-14-13-17-28(29)30(26)23-27;/h13-14,17-20,23-24,32,35H,3-12,15-16,21-22,25H2,1-2H3;1H. The van der Waals surface area contributed by atoms with Crippen LogP contribution < -0.4 is 0 Å². The van der Waals surface area contributed by atoms with Gasteiger partial charge in [-0.05, 0) is 65.2 Å². The van der Waals surface area contributed by atoms with Gasteiger partial charge in [0.15, 0.2) is 0 Å². The highest BCUT2D eigenvalue weighted by Crippen LogP contribution is 2.33. The third kappa shape index (κ3) is 9.63. The summed E-state index contributed by atoms with van der Waals surface area (Å²) in [5.74, 6) is 0. The molecule has 0 aliphatic heterocycles. The minimum Gasteiger partial charge on any atom is -0.387 e. The van der Waals surface area contributed by atoms with Crippen molar-refractivity contribution in [3.63, 3.8) is 0 Å². The molecule has 0 saturated carbocycles. The second-order valence-corrected chi connectivity index (χ2v) is 11.1. The molecule has 0 aliphatic rings. The summed E-state index contributed by atoms with van der Waals surface area (Å²) < 4.78 is 1.12. The molecule has 36 heavy (non-hydrogen) atoms. The average molecular weight is 577 g/mol. The number of hydrogen-bond acceptors (Lipinski definition) is 2. The minimum absolute atomic E-state index is 0. The van der Waals surface area contributed by atoms with E-state index in [1.54, 1.807) is 0 Å². The van der Waals surface area contributed by atoms with Crippen molar-refractivity contribution in [3.8, 4) is 0 Å². The first-order valence-corrected chi connectivity index (χ1v) is 14.9. The lowest BCUT2D eigenvalue weighted by atomic mass is 9.98. The zero-order valence-corrected chi connectivity index (χ0v) is 24.9. The highest BCUT2D eigenvalue weighted by Gasteiger charge is 2.15. The highest BCUT2D eigenvalue weighted by molar-refractivity contribution is 9.10. The second-order valence-electron chi connectivity index (χ2n) is 10.2. The summed E-state index contributed by atoms with van der Waals surface area (Å²) in [5.41, 5.74) is 1.03. The van der Waals surface area contributed by atoms with Gasteiger partial charge in [-0.3, -0.25) is 0 Å². The van der Waals surface area contributed by atoms with Crippen molar-refractivity contribution >= 4 is 49.9 Å². The summed E-state index contributed by atoms with van der Waals surface area (Å²) in [5, 5.41) is 16.2. The van der Waals surface area contributed by atoms with Gasteiger partial charge in [0, 0.05) is 11.0 Å². The second kappa shape index (κ2) is 17.4. The normalized spacial score (nSPS) is 12.4. The van der Waals surface area contributed by atoms with Gasteiger partial charge >= 0.3 is 0 Å². The van der Waals surface area contributed by atoms with Crippen LogP contribution in [0.2, 0.25) is 0 Å². The van der Waals surface area contributed by atoms with Crippen LogP contribution in [0.15, 0.2) is 53.0 Å². The molecule has 1 unspecified atom stereocenters. The molecule has 0 amide bonds. The number of aliphatic hydroxyl groups excluding tert-OH is 1. The van der Waals surface area contributed by atoms with Gasteiger partial charge in [-0.25, -0.2) is 0 Å². The zero-order valence-electron chi connectivity index (χ0n) is 22.5. The smallest absolute Gasteiger partial charge is 0.0917 e. The number of aliphatic hydroxyl groups is 1. The summed E-state index contributed by atoms with van der Waals surface area (Å²) in [4.78, 5) is 2.52. The molecule has 0 spiro atoms. The average Bonchev–Trinajstić information content (AvgIpc) is 2.88. The van der Waals surface area contributed by atoms with Gasteiger partial charge in [0.05, 0.1) is 6.10 Å². The third-order valence-electron chi connectivity index (χ3n) is 7.31. The van der Waals surface area contributed by atoms with Crippen molar-refractivity contribution in [2.75, 3.05) is 19.6 Å². The summed E-state index contributed by atoms with van der Waals surface area (Å²) in [6, 6.07) is 17.2. The Morgan fingerprint density at radius 2 is 1.25 bits per heavy atom. The summed E-state index contributed by atoms with van der Waals surface area (Å²) in [7, 11) is 0. The minimum atomic E-state index is -0.456. The van der Waals surface area contributed by atoms with E-state index in [0.29, 0.717) is 0 Å². The lowest BCUT2D eigenvalue weighted by Gasteiger charge is -2.25. The van der Waals surface area contributed by atoms with Crippen LogP contribution in [0.3, 0.4) is 0 Å². The molecule has 0 heterocycles. The zero-order chi connectivity index (χ0) is 24.9. The molecule has 0 bridgehead atoms. The molecular formula is C32H47BrClNO. The number of unbranched alkanes of at least 4 members (excludes halogenated alkanes) is 10. The van der Waals surface area contributed by atoms with Crippen molar-refractivity contribution in [3.05, 3.63) is 58.6 Å². The number of halogens is 2. The van der Waals surface area contributed by atoms with E-state index in [1.807, 2.05) is 0 Å². The fourth-order valence-electron chi connectivity index (χ4n) is 5.16. The van der Waals surface area contributed by atoms with E-state index in [9.17, 15) is 5.11 Å². The Morgan fingerprint density at radius 1 is 0.694 bits per heavy atom. The number of fused-ring (bicyclic) bond motifs is 3. The van der Waals surface area contributed by atoms with Crippen molar-refractivity contribution in [1.82, 2.24) is 4.90 Å². The van der Waals surface area contributed by atoms with Gasteiger partial charge in [0.25, 0.3) is 0 Å². The summed E-state index contributed by atoms with van der Waals surface area (Å²) in [6.07, 6.45) is 15.3. The Labute approximate surface area is 234 Å². The third-order valence-corrected chi connectivity index (χ3v) is 7.96. The van der Waals surface area contributed by atoms with Gasteiger partial charge < -0.3 is 10.0 Å². The van der Waals surface area contributed by atoms with E-state index < -0.39 is 6.10 Å². The first-order valence-electron chi connectivity index (χ1n) is 14.1. The molecule has 3 rings (SSSR count). The molecule has 0 fully saturated rings. The Balaban J connectivity index is 0.00000456. The van der Waals surface area contributed by atoms with Crippen LogP contribution in [0, 0.1) is 0 Å². The van der Waals surface area contributed by atoms with Gasteiger partial charge in [0.2, 0.25) is 0 Å². The first kappa shape index (κ1) is 31.1. The van der Waals surface area contributed by atoms with E-state index >= 15 is 0 Å². The molecule has 200 valence electrons. The van der Waals surface area contributed by atoms with Crippen molar-refractivity contribution in [1.29, 1.82) is 0 Å². The van der Waals surface area contributed by atoms with Crippen LogP contribution in [0.4, 0.5) is 0 Å². The largest absolute Gasteiger partial charge is 0.387 e. The number of rotatable bonds is 17. The summed E-state index contributed by atoms with van der Waals surface area (Å²) >= 11 is 3.73. The molecule has 3 aromatic rings. The van der Waals surface area contributed by atoms with Crippen LogP contribution in [0.1, 0.15) is 103 Å². The quantitative estimate of drug-likeness (QED) is 0.128. The Kier molecular flexibility index (Phi) is 15.0. The molecule has 1 atom stereocenters. The SMILES string of the molecule is CCCCCCCCN(CCCCCCCC)CC(O)c1ccc2cc(Br)c3ccccc3c2c1.Cl. The van der Waals surface area contributed by atoms with Crippen molar-refractivity contribution < 1.29 is 5.11 Å². The van der Waals surface area contributed by atoms with Crippen molar-refractivity contribution in [2.45, 2.75) is 97.0 Å². The summed E-state index contributed by atoms with van der Waals surface area (Å²) in [6.45, 7) is 7.48. The lowest BCUT2D eigenvalue weighted by molar-refractivity contribution is 0.110. The van der Waals surface area contributed by atoms with E-state index in [0.717, 1.165) is 29.7 Å². The van der Waals surface area contributed by atoms with Crippen molar-refractivity contribution in [2.24, 2.45) is 0 Å². The molecule has 0 aromatic heterocycles. The molecular weight excluding hydrogens is 530 g/mol. The van der Waals surface area contributed by atoms with E-state index in [2.05, 4.69) is 83.2 Å². The van der Waals surface area contributed by atoms with Crippen LogP contribution in [-0.4, -0.2) is 29.6 Å². The van der Waals surface area contributed by atoms with Crippen LogP contribution in [0.5, 0.6) is 0 Å². The van der Waals surface area contributed by atoms with Gasteiger partial charge in [-0.2, -0.15) is 0 Å². The fraction of sp³-hybridized carbons (Fsp3) is 0.562. The molecule has 0 radical (unpaired) electrons. The topological polar surface area (TPSA) is 23.5 Å². The highest BCUT2D eigenvalue weighted by atomic mass is 79.9. The monoisotopic (exact) mass is 575 g/mol. The maximum atomic E-state index is 11.3. The molecule has 0 saturated heterocycles. The van der Waals surface area contributed by atoms with Crippen LogP contribution >= 0.6 is 28.3 Å². The van der Waals surface area contributed by atoms with E-state index in [4.69, 9.17) is 0 Å². The number of nitrogens with zero attached hydrogens (tertiary/aromatic N) is 1. The predicted molar refractivity (Wildman–Crippen MR) is 165 cm³/mol. The van der Waals surface area contributed by atoms with Gasteiger partial charge in [-0.15, -0.1) is 12.4 Å². The Bertz CT molecular complexity index is 1010. The lowest BCUT2D eigenvalue weighted by Crippen LogP contribution is -2.31. The Morgan fingerprint density at radius 3 is 1.86 bits per heavy atom. The fourth-order valence-corrected chi connectivity index (χ4v) is 5.75. The molecule has 1 N–H and O–H groups in total. The molecule has 2 nitrogen and oxygen atoms in total. The number of benzene rings is 3. The van der Waals surface area contributed by atoms with Crippen LogP contribution in [-0.2, 0) is 0 Å². The molecule has 3 aromatic carbocycles. The van der Waals surface area contributed by atoms with Gasteiger partial charge in [0.1, 0.15) is 0 Å². The van der Waals surface area contributed by atoms with E-state index in [1.165, 1.54) is 98.6 Å². The number of hydrogen-bond donors (Lipinski definition) is 1. The predicted octanol–water partition coefficient (Wildman–Crippen LogP) is 10.2.